The van der Waals surface area contributed by atoms with Crippen LogP contribution in [-0.2, 0) is 0 Å². The molecule has 0 bridgehead atoms. The van der Waals surface area contributed by atoms with Crippen molar-refractivity contribution in [2.45, 2.75) is 51.7 Å². The first-order chi connectivity index (χ1) is 8.11. The van der Waals surface area contributed by atoms with Crippen LogP contribution in [0.15, 0.2) is 11.2 Å². The van der Waals surface area contributed by atoms with Crippen molar-refractivity contribution in [1.29, 1.82) is 0 Å². The molecule has 1 aromatic rings. The number of nitrogens with one attached hydrogen (secondary N) is 1. The largest absolute Gasteiger partial charge is 0.313 e. The second-order valence-electron chi connectivity index (χ2n) is 4.43. The predicted molar refractivity (Wildman–Crippen MR) is 74.6 cm³/mol. The van der Waals surface area contributed by atoms with Crippen molar-refractivity contribution in [2.75, 3.05) is 12.3 Å². The van der Waals surface area contributed by atoms with Gasteiger partial charge in [0.25, 0.3) is 0 Å². The summed E-state index contributed by atoms with van der Waals surface area (Å²) in [6.45, 7) is 9.50. The minimum absolute atomic E-state index is 0.612. The zero-order chi connectivity index (χ0) is 12.7. The normalized spacial score (nSPS) is 12.7. The third kappa shape index (κ3) is 6.03. The molecular weight excluding hydrogens is 230 g/mol. The van der Waals surface area contributed by atoms with Crippen LogP contribution in [-0.4, -0.2) is 28.3 Å². The van der Waals surface area contributed by atoms with E-state index in [1.54, 1.807) is 11.8 Å². The van der Waals surface area contributed by atoms with E-state index in [0.717, 1.165) is 28.8 Å². The SMILES string of the molecule is CCCC(C)NCCSc1nc(C)cc(C)n1. The van der Waals surface area contributed by atoms with E-state index in [4.69, 9.17) is 0 Å². The molecule has 0 radical (unpaired) electrons. The van der Waals surface area contributed by atoms with Gasteiger partial charge < -0.3 is 5.32 Å². The number of aryl methyl sites for hydroxylation is 2. The standard InChI is InChI=1S/C13H23N3S/c1-5-6-10(2)14-7-8-17-13-15-11(3)9-12(4)16-13/h9-10,14H,5-8H2,1-4H3. The van der Waals surface area contributed by atoms with Crippen LogP contribution >= 0.6 is 11.8 Å². The van der Waals surface area contributed by atoms with Crippen LogP contribution in [0.25, 0.3) is 0 Å². The molecule has 1 heterocycles. The second kappa shape index (κ2) is 7.67. The minimum Gasteiger partial charge on any atom is -0.313 e. The van der Waals surface area contributed by atoms with Gasteiger partial charge in [-0.15, -0.1) is 0 Å². The molecule has 0 aliphatic rings. The lowest BCUT2D eigenvalue weighted by Gasteiger charge is -2.11. The summed E-state index contributed by atoms with van der Waals surface area (Å²) in [5.74, 6) is 1.02. The highest BCUT2D eigenvalue weighted by Gasteiger charge is 2.02. The molecule has 3 nitrogen and oxygen atoms in total. The first-order valence-electron chi connectivity index (χ1n) is 6.30. The summed E-state index contributed by atoms with van der Waals surface area (Å²) in [7, 11) is 0. The van der Waals surface area contributed by atoms with Crippen molar-refractivity contribution in [3.63, 3.8) is 0 Å². The van der Waals surface area contributed by atoms with Crippen LogP contribution in [0, 0.1) is 13.8 Å². The lowest BCUT2D eigenvalue weighted by molar-refractivity contribution is 0.526. The van der Waals surface area contributed by atoms with Gasteiger partial charge in [0.05, 0.1) is 0 Å². The Labute approximate surface area is 109 Å². The van der Waals surface area contributed by atoms with Gasteiger partial charge in [0.2, 0.25) is 0 Å². The molecule has 1 atom stereocenters. The maximum absolute atomic E-state index is 4.41. The summed E-state index contributed by atoms with van der Waals surface area (Å²) in [6, 6.07) is 2.62. The fraction of sp³-hybridized carbons (Fsp3) is 0.692. The summed E-state index contributed by atoms with van der Waals surface area (Å²) in [6.07, 6.45) is 2.48. The highest BCUT2D eigenvalue weighted by Crippen LogP contribution is 2.13. The lowest BCUT2D eigenvalue weighted by Crippen LogP contribution is -2.27. The van der Waals surface area contributed by atoms with Gasteiger partial charge in [-0.25, -0.2) is 9.97 Å². The van der Waals surface area contributed by atoms with E-state index in [1.807, 2.05) is 19.9 Å². The number of hydrogen-bond acceptors (Lipinski definition) is 4. The zero-order valence-electron chi connectivity index (χ0n) is 11.3. The van der Waals surface area contributed by atoms with Crippen LogP contribution in [0.3, 0.4) is 0 Å². The number of thioether (sulfide) groups is 1. The molecule has 0 aliphatic heterocycles. The summed E-state index contributed by atoms with van der Waals surface area (Å²) in [4.78, 5) is 8.82. The Bertz CT molecular complexity index is 321. The smallest absolute Gasteiger partial charge is 0.188 e. The van der Waals surface area contributed by atoms with E-state index in [2.05, 4.69) is 29.1 Å². The maximum Gasteiger partial charge on any atom is 0.188 e. The van der Waals surface area contributed by atoms with Gasteiger partial charge in [0, 0.05) is 29.7 Å². The first-order valence-corrected chi connectivity index (χ1v) is 7.29. The average Bonchev–Trinajstić information content (AvgIpc) is 2.23. The Hall–Kier alpha value is -0.610. The first kappa shape index (κ1) is 14.5. The van der Waals surface area contributed by atoms with Crippen molar-refractivity contribution >= 4 is 11.8 Å². The summed E-state index contributed by atoms with van der Waals surface area (Å²) >= 11 is 1.72. The van der Waals surface area contributed by atoms with Gasteiger partial charge in [0.15, 0.2) is 5.16 Å². The van der Waals surface area contributed by atoms with E-state index >= 15 is 0 Å². The molecule has 0 aromatic carbocycles. The van der Waals surface area contributed by atoms with E-state index in [0.29, 0.717) is 6.04 Å². The van der Waals surface area contributed by atoms with Crippen molar-refractivity contribution in [3.05, 3.63) is 17.5 Å². The van der Waals surface area contributed by atoms with E-state index < -0.39 is 0 Å². The van der Waals surface area contributed by atoms with Crippen molar-refractivity contribution in [1.82, 2.24) is 15.3 Å². The monoisotopic (exact) mass is 253 g/mol. The van der Waals surface area contributed by atoms with Crippen LogP contribution in [0.4, 0.5) is 0 Å². The number of nitrogens with zero attached hydrogens (tertiary/aromatic N) is 2. The van der Waals surface area contributed by atoms with Gasteiger partial charge in [-0.05, 0) is 33.3 Å². The van der Waals surface area contributed by atoms with Crippen molar-refractivity contribution < 1.29 is 0 Å². The Morgan fingerprint density at radius 1 is 1.29 bits per heavy atom. The molecule has 0 saturated carbocycles. The highest BCUT2D eigenvalue weighted by atomic mass is 32.2. The van der Waals surface area contributed by atoms with Gasteiger partial charge in [-0.2, -0.15) is 0 Å². The third-order valence-corrected chi connectivity index (χ3v) is 3.36. The van der Waals surface area contributed by atoms with Crippen molar-refractivity contribution in [3.8, 4) is 0 Å². The summed E-state index contributed by atoms with van der Waals surface area (Å²) in [5, 5.41) is 4.40. The topological polar surface area (TPSA) is 37.8 Å². The van der Waals surface area contributed by atoms with Crippen LogP contribution in [0.1, 0.15) is 38.1 Å². The second-order valence-corrected chi connectivity index (χ2v) is 5.49. The fourth-order valence-electron chi connectivity index (χ4n) is 1.74. The Morgan fingerprint density at radius 3 is 2.53 bits per heavy atom. The van der Waals surface area contributed by atoms with Crippen LogP contribution < -0.4 is 5.32 Å². The number of hydrogen-bond donors (Lipinski definition) is 1. The average molecular weight is 253 g/mol. The van der Waals surface area contributed by atoms with Crippen molar-refractivity contribution in [2.24, 2.45) is 0 Å². The lowest BCUT2D eigenvalue weighted by atomic mass is 10.2. The summed E-state index contributed by atoms with van der Waals surface area (Å²) < 4.78 is 0. The molecule has 1 unspecified atom stereocenters. The van der Waals surface area contributed by atoms with Gasteiger partial charge in [0.1, 0.15) is 0 Å². The molecule has 17 heavy (non-hydrogen) atoms. The Morgan fingerprint density at radius 2 is 1.94 bits per heavy atom. The quantitative estimate of drug-likeness (QED) is 0.460. The fourth-order valence-corrected chi connectivity index (χ4v) is 2.56. The molecule has 0 fully saturated rings. The molecule has 0 spiro atoms. The van der Waals surface area contributed by atoms with E-state index in [-0.39, 0.29) is 0 Å². The van der Waals surface area contributed by atoms with E-state index in [1.165, 1.54) is 12.8 Å². The number of rotatable bonds is 7. The van der Waals surface area contributed by atoms with Crippen LogP contribution in [0.5, 0.6) is 0 Å². The molecule has 1 aromatic heterocycles. The molecule has 0 saturated heterocycles. The third-order valence-electron chi connectivity index (χ3n) is 2.51. The maximum atomic E-state index is 4.41. The zero-order valence-corrected chi connectivity index (χ0v) is 12.1. The van der Waals surface area contributed by atoms with Gasteiger partial charge in [-0.1, -0.05) is 25.1 Å². The highest BCUT2D eigenvalue weighted by molar-refractivity contribution is 7.99. The molecular formula is C13H23N3S. The molecule has 1 N–H and O–H groups in total. The molecule has 4 heteroatoms. The minimum atomic E-state index is 0.612. The number of aromatic nitrogens is 2. The molecule has 0 aliphatic carbocycles. The Kier molecular flexibility index (Phi) is 6.52. The van der Waals surface area contributed by atoms with E-state index in [9.17, 15) is 0 Å². The van der Waals surface area contributed by atoms with Gasteiger partial charge in [-0.3, -0.25) is 0 Å². The van der Waals surface area contributed by atoms with Gasteiger partial charge >= 0.3 is 0 Å². The molecule has 1 rings (SSSR count). The molecule has 0 amide bonds. The Balaban J connectivity index is 2.26. The predicted octanol–water partition coefficient (Wildman–Crippen LogP) is 2.96. The van der Waals surface area contributed by atoms with Crippen LogP contribution in [0.2, 0.25) is 0 Å². The summed E-state index contributed by atoms with van der Waals surface area (Å²) in [5.41, 5.74) is 2.10. The molecule has 96 valence electrons.